The first-order valence-corrected chi connectivity index (χ1v) is 6.77. The second-order valence-electron chi connectivity index (χ2n) is 5.72. The fourth-order valence-corrected chi connectivity index (χ4v) is 1.46. The summed E-state index contributed by atoms with van der Waals surface area (Å²) in [6.45, 7) is 11.3. The van der Waals surface area contributed by atoms with E-state index >= 15 is 0 Å². The SMILES string of the molecule is CCCNC(=O)C(C)NCc1cn(C(C)(C)C)nn1. The normalized spacial score (nSPS) is 13.3. The van der Waals surface area contributed by atoms with Crippen molar-refractivity contribution < 1.29 is 4.79 Å². The molecule has 1 unspecified atom stereocenters. The third-order valence-electron chi connectivity index (χ3n) is 2.76. The first kappa shape index (κ1) is 15.6. The fourth-order valence-electron chi connectivity index (χ4n) is 1.46. The van der Waals surface area contributed by atoms with Gasteiger partial charge in [-0.3, -0.25) is 4.79 Å². The van der Waals surface area contributed by atoms with Gasteiger partial charge in [-0.1, -0.05) is 12.1 Å². The highest BCUT2D eigenvalue weighted by atomic mass is 16.2. The minimum Gasteiger partial charge on any atom is -0.355 e. The summed E-state index contributed by atoms with van der Waals surface area (Å²) in [5, 5.41) is 14.2. The summed E-state index contributed by atoms with van der Waals surface area (Å²) in [7, 11) is 0. The molecule has 0 saturated carbocycles. The molecule has 6 heteroatoms. The van der Waals surface area contributed by atoms with Crippen LogP contribution in [-0.2, 0) is 16.9 Å². The molecule has 1 aromatic rings. The molecule has 1 aromatic heterocycles. The van der Waals surface area contributed by atoms with Crippen LogP contribution in [-0.4, -0.2) is 33.5 Å². The Bertz CT molecular complexity index is 407. The molecule has 0 fully saturated rings. The molecule has 0 aliphatic rings. The van der Waals surface area contributed by atoms with Crippen LogP contribution in [0.5, 0.6) is 0 Å². The highest BCUT2D eigenvalue weighted by molar-refractivity contribution is 5.81. The summed E-state index contributed by atoms with van der Waals surface area (Å²) < 4.78 is 1.83. The molecule has 0 bridgehead atoms. The van der Waals surface area contributed by atoms with E-state index in [9.17, 15) is 4.79 Å². The Balaban J connectivity index is 2.44. The fraction of sp³-hybridized carbons (Fsp3) is 0.769. The zero-order valence-electron chi connectivity index (χ0n) is 12.5. The van der Waals surface area contributed by atoms with Crippen molar-refractivity contribution in [3.63, 3.8) is 0 Å². The van der Waals surface area contributed by atoms with Gasteiger partial charge in [-0.25, -0.2) is 4.68 Å². The zero-order chi connectivity index (χ0) is 14.5. The highest BCUT2D eigenvalue weighted by Gasteiger charge is 2.16. The van der Waals surface area contributed by atoms with Crippen LogP contribution in [0.1, 0.15) is 46.7 Å². The number of hydrogen-bond acceptors (Lipinski definition) is 4. The van der Waals surface area contributed by atoms with Gasteiger partial charge in [-0.05, 0) is 34.1 Å². The Morgan fingerprint density at radius 3 is 2.68 bits per heavy atom. The number of nitrogens with one attached hydrogen (secondary N) is 2. The lowest BCUT2D eigenvalue weighted by atomic mass is 10.1. The van der Waals surface area contributed by atoms with Crippen molar-refractivity contribution in [3.8, 4) is 0 Å². The van der Waals surface area contributed by atoms with Crippen LogP contribution >= 0.6 is 0 Å². The van der Waals surface area contributed by atoms with Gasteiger partial charge in [0, 0.05) is 13.1 Å². The molecule has 0 radical (unpaired) electrons. The minimum atomic E-state index is -0.230. The van der Waals surface area contributed by atoms with E-state index in [4.69, 9.17) is 0 Å². The largest absolute Gasteiger partial charge is 0.355 e. The van der Waals surface area contributed by atoms with E-state index in [1.54, 1.807) is 0 Å². The van der Waals surface area contributed by atoms with E-state index in [1.165, 1.54) is 0 Å². The van der Waals surface area contributed by atoms with Gasteiger partial charge < -0.3 is 10.6 Å². The third kappa shape index (κ3) is 4.98. The van der Waals surface area contributed by atoms with Gasteiger partial charge in [0.1, 0.15) is 0 Å². The second kappa shape index (κ2) is 6.65. The number of hydrogen-bond donors (Lipinski definition) is 2. The molecule has 1 rings (SSSR count). The number of carbonyl (C=O) groups is 1. The molecule has 1 heterocycles. The number of rotatable bonds is 6. The average Bonchev–Trinajstić information content (AvgIpc) is 2.81. The summed E-state index contributed by atoms with van der Waals surface area (Å²) >= 11 is 0. The minimum absolute atomic E-state index is 0.0186. The second-order valence-corrected chi connectivity index (χ2v) is 5.72. The van der Waals surface area contributed by atoms with Crippen LogP contribution in [0.3, 0.4) is 0 Å². The van der Waals surface area contributed by atoms with Crippen LogP contribution in [0.25, 0.3) is 0 Å². The number of carbonyl (C=O) groups excluding carboxylic acids is 1. The van der Waals surface area contributed by atoms with Crippen molar-refractivity contribution in [1.29, 1.82) is 0 Å². The summed E-state index contributed by atoms with van der Waals surface area (Å²) in [6.07, 6.45) is 2.85. The molecule has 108 valence electrons. The summed E-state index contributed by atoms with van der Waals surface area (Å²) in [5.41, 5.74) is 0.764. The smallest absolute Gasteiger partial charge is 0.236 e. The summed E-state index contributed by atoms with van der Waals surface area (Å²) in [6, 6.07) is -0.230. The molecular formula is C13H25N5O. The zero-order valence-corrected chi connectivity index (χ0v) is 12.5. The van der Waals surface area contributed by atoms with Crippen molar-refractivity contribution in [2.24, 2.45) is 0 Å². The Kier molecular flexibility index (Phi) is 5.47. The Labute approximate surface area is 115 Å². The maximum absolute atomic E-state index is 11.7. The number of aromatic nitrogens is 3. The average molecular weight is 267 g/mol. The highest BCUT2D eigenvalue weighted by Crippen LogP contribution is 2.11. The lowest BCUT2D eigenvalue weighted by Crippen LogP contribution is -2.42. The maximum Gasteiger partial charge on any atom is 0.236 e. The third-order valence-corrected chi connectivity index (χ3v) is 2.76. The molecular weight excluding hydrogens is 242 g/mol. The molecule has 0 saturated heterocycles. The van der Waals surface area contributed by atoms with E-state index in [0.717, 1.165) is 12.1 Å². The van der Waals surface area contributed by atoms with Crippen LogP contribution in [0.2, 0.25) is 0 Å². The summed E-state index contributed by atoms with van der Waals surface area (Å²) in [5.74, 6) is 0.0186. The van der Waals surface area contributed by atoms with E-state index in [1.807, 2.05) is 24.7 Å². The topological polar surface area (TPSA) is 71.8 Å². The predicted octanol–water partition coefficient (Wildman–Crippen LogP) is 1.04. The molecule has 0 aromatic carbocycles. The van der Waals surface area contributed by atoms with Crippen molar-refractivity contribution >= 4 is 5.91 Å². The van der Waals surface area contributed by atoms with Gasteiger partial charge in [0.25, 0.3) is 0 Å². The van der Waals surface area contributed by atoms with Crippen molar-refractivity contribution in [2.45, 2.75) is 59.2 Å². The van der Waals surface area contributed by atoms with Gasteiger partial charge >= 0.3 is 0 Å². The first-order valence-electron chi connectivity index (χ1n) is 6.77. The van der Waals surface area contributed by atoms with Crippen LogP contribution in [0.15, 0.2) is 6.20 Å². The molecule has 0 aliphatic carbocycles. The molecule has 6 nitrogen and oxygen atoms in total. The molecule has 1 atom stereocenters. The standard InChI is InChI=1S/C13H25N5O/c1-6-7-14-12(19)10(2)15-8-11-9-18(17-16-11)13(3,4)5/h9-10,15H,6-8H2,1-5H3,(H,14,19). The van der Waals surface area contributed by atoms with E-state index in [-0.39, 0.29) is 17.5 Å². The lowest BCUT2D eigenvalue weighted by Gasteiger charge is -2.17. The maximum atomic E-state index is 11.7. The Morgan fingerprint density at radius 2 is 2.16 bits per heavy atom. The molecule has 0 spiro atoms. The molecule has 1 amide bonds. The van der Waals surface area contributed by atoms with E-state index in [2.05, 4.69) is 41.7 Å². The van der Waals surface area contributed by atoms with E-state index < -0.39 is 0 Å². The predicted molar refractivity (Wildman–Crippen MR) is 74.6 cm³/mol. The number of amides is 1. The van der Waals surface area contributed by atoms with Gasteiger partial charge in [-0.15, -0.1) is 5.10 Å². The molecule has 0 aliphatic heterocycles. The van der Waals surface area contributed by atoms with Crippen molar-refractivity contribution in [1.82, 2.24) is 25.6 Å². The van der Waals surface area contributed by atoms with Gasteiger partial charge in [0.2, 0.25) is 5.91 Å². The van der Waals surface area contributed by atoms with Crippen molar-refractivity contribution in [3.05, 3.63) is 11.9 Å². The number of nitrogens with zero attached hydrogens (tertiary/aromatic N) is 3. The first-order chi connectivity index (χ1) is 8.84. The van der Waals surface area contributed by atoms with Crippen LogP contribution in [0.4, 0.5) is 0 Å². The Morgan fingerprint density at radius 1 is 1.47 bits per heavy atom. The lowest BCUT2D eigenvalue weighted by molar-refractivity contribution is -0.122. The van der Waals surface area contributed by atoms with E-state index in [0.29, 0.717) is 13.1 Å². The monoisotopic (exact) mass is 267 g/mol. The van der Waals surface area contributed by atoms with Crippen molar-refractivity contribution in [2.75, 3.05) is 6.54 Å². The van der Waals surface area contributed by atoms with Gasteiger partial charge in [0.15, 0.2) is 0 Å². The van der Waals surface area contributed by atoms with Gasteiger partial charge in [-0.2, -0.15) is 0 Å². The van der Waals surface area contributed by atoms with Gasteiger partial charge in [0.05, 0.1) is 23.5 Å². The molecule has 19 heavy (non-hydrogen) atoms. The molecule has 2 N–H and O–H groups in total. The van der Waals surface area contributed by atoms with Crippen LogP contribution < -0.4 is 10.6 Å². The van der Waals surface area contributed by atoms with Crippen LogP contribution in [0, 0.1) is 0 Å². The Hall–Kier alpha value is -1.43. The summed E-state index contributed by atoms with van der Waals surface area (Å²) in [4.78, 5) is 11.7. The quantitative estimate of drug-likeness (QED) is 0.808.